The first-order valence-electron chi connectivity index (χ1n) is 9.01. The maximum absolute atomic E-state index is 13.4. The van der Waals surface area contributed by atoms with Crippen LogP contribution in [0.5, 0.6) is 0 Å². The Morgan fingerprint density at radius 2 is 1.83 bits per heavy atom. The number of halogens is 5. The Balaban J connectivity index is 1.67. The van der Waals surface area contributed by atoms with Gasteiger partial charge in [0.05, 0.1) is 11.2 Å². The van der Waals surface area contributed by atoms with Crippen LogP contribution in [0.1, 0.15) is 42.8 Å². The number of nitrogens with zero attached hydrogens (tertiary/aromatic N) is 6. The summed E-state index contributed by atoms with van der Waals surface area (Å²) in [6.07, 6.45) is -2.56. The van der Waals surface area contributed by atoms with E-state index in [1.165, 1.54) is 11.8 Å². The third-order valence-electron chi connectivity index (χ3n) is 4.90. The molecular formula is C17H21ClF4N6O. The minimum atomic E-state index is -3.13. The number of amides is 1. The molecule has 0 saturated carbocycles. The molecule has 1 amide bonds. The highest BCUT2D eigenvalue weighted by molar-refractivity contribution is 6.32. The number of carbonyl (C=O) groups is 1. The predicted molar refractivity (Wildman–Crippen MR) is 96.9 cm³/mol. The van der Waals surface area contributed by atoms with Crippen molar-refractivity contribution in [1.82, 2.24) is 29.4 Å². The van der Waals surface area contributed by atoms with Crippen LogP contribution < -0.4 is 0 Å². The van der Waals surface area contributed by atoms with Crippen LogP contribution in [-0.2, 0) is 18.4 Å². The zero-order valence-corrected chi connectivity index (χ0v) is 16.7. The summed E-state index contributed by atoms with van der Waals surface area (Å²) in [6, 6.07) is -1.17. The third-order valence-corrected chi connectivity index (χ3v) is 5.29. The molecule has 1 unspecified atom stereocenters. The Bertz CT molecular complexity index is 862. The Morgan fingerprint density at radius 1 is 1.17 bits per heavy atom. The Morgan fingerprint density at radius 3 is 2.34 bits per heavy atom. The first-order chi connectivity index (χ1) is 13.7. The highest BCUT2D eigenvalue weighted by Crippen LogP contribution is 2.36. The molecule has 1 aliphatic heterocycles. The van der Waals surface area contributed by atoms with E-state index < -0.39 is 41.2 Å². The van der Waals surface area contributed by atoms with Gasteiger partial charge in [0.25, 0.3) is 12.9 Å². The van der Waals surface area contributed by atoms with Crippen LogP contribution in [0.25, 0.3) is 0 Å². The Labute approximate surface area is 169 Å². The van der Waals surface area contributed by atoms with Gasteiger partial charge >= 0.3 is 0 Å². The normalized spacial score (nSPS) is 16.8. The smallest absolute Gasteiger partial charge is 0.283 e. The first kappa shape index (κ1) is 21.6. The lowest BCUT2D eigenvalue weighted by Crippen LogP contribution is -2.50. The van der Waals surface area contributed by atoms with E-state index >= 15 is 0 Å². The zero-order chi connectivity index (χ0) is 21.3. The molecule has 160 valence electrons. The van der Waals surface area contributed by atoms with Gasteiger partial charge in [-0.05, 0) is 6.92 Å². The van der Waals surface area contributed by atoms with Crippen LogP contribution in [0, 0.1) is 0 Å². The number of hydrogen-bond donors (Lipinski definition) is 0. The molecule has 0 N–H and O–H groups in total. The van der Waals surface area contributed by atoms with Crippen molar-refractivity contribution in [2.24, 2.45) is 7.05 Å². The molecule has 0 spiro atoms. The van der Waals surface area contributed by atoms with E-state index in [0.717, 1.165) is 5.56 Å². The number of carbonyl (C=O) groups excluding carboxylic acids is 1. The molecule has 0 aliphatic carbocycles. The van der Waals surface area contributed by atoms with Crippen molar-refractivity contribution in [1.29, 1.82) is 0 Å². The average Bonchev–Trinajstić information content (AvgIpc) is 3.24. The predicted octanol–water partition coefficient (Wildman–Crippen LogP) is 3.05. The Kier molecular flexibility index (Phi) is 6.47. The number of hydrogen-bond acceptors (Lipinski definition) is 4. The molecule has 1 fully saturated rings. The van der Waals surface area contributed by atoms with Crippen LogP contribution in [0.15, 0.2) is 12.4 Å². The molecule has 3 heterocycles. The molecular weight excluding hydrogens is 416 g/mol. The largest absolute Gasteiger partial charge is 0.338 e. The van der Waals surface area contributed by atoms with Gasteiger partial charge in [-0.1, -0.05) is 11.6 Å². The number of aromatic nitrogens is 4. The lowest BCUT2D eigenvalue weighted by molar-refractivity contribution is -0.136. The van der Waals surface area contributed by atoms with Crippen molar-refractivity contribution in [3.63, 3.8) is 0 Å². The van der Waals surface area contributed by atoms with Crippen LogP contribution in [0.2, 0.25) is 5.02 Å². The lowest BCUT2D eigenvalue weighted by Gasteiger charge is -2.35. The second kappa shape index (κ2) is 8.70. The minimum Gasteiger partial charge on any atom is -0.338 e. The fourth-order valence-corrected chi connectivity index (χ4v) is 3.67. The van der Waals surface area contributed by atoms with Gasteiger partial charge in [-0.3, -0.25) is 14.4 Å². The summed E-state index contributed by atoms with van der Waals surface area (Å²) in [6.45, 7) is 4.02. The summed E-state index contributed by atoms with van der Waals surface area (Å²) < 4.78 is 55.1. The van der Waals surface area contributed by atoms with Crippen molar-refractivity contribution in [3.8, 4) is 0 Å². The van der Waals surface area contributed by atoms with Gasteiger partial charge in [-0.15, -0.1) is 0 Å². The first-order valence-corrected chi connectivity index (χ1v) is 9.39. The second-order valence-corrected chi connectivity index (χ2v) is 7.31. The molecule has 0 radical (unpaired) electrons. The molecule has 2 aromatic rings. The van der Waals surface area contributed by atoms with E-state index in [1.807, 2.05) is 13.2 Å². The standard InChI is InChI=1S/C17H21ClF4N6O/c1-10(28-14(16(21)22)12(18)13(24-28)15(19)20)17(29)27-5-3-26(4-6-27)9-11-7-23-25(2)8-11/h7-8,10,15-16H,3-6,9H2,1-2H3. The van der Waals surface area contributed by atoms with E-state index in [9.17, 15) is 22.4 Å². The van der Waals surface area contributed by atoms with Crippen LogP contribution >= 0.6 is 11.6 Å². The molecule has 3 rings (SSSR count). The van der Waals surface area contributed by atoms with E-state index in [4.69, 9.17) is 11.6 Å². The fraction of sp³-hybridized carbons (Fsp3) is 0.588. The second-order valence-electron chi connectivity index (χ2n) is 6.93. The molecule has 1 aliphatic rings. The third kappa shape index (κ3) is 4.55. The summed E-state index contributed by atoms with van der Waals surface area (Å²) >= 11 is 5.67. The van der Waals surface area contributed by atoms with Gasteiger partial charge < -0.3 is 4.90 Å². The van der Waals surface area contributed by atoms with Crippen molar-refractivity contribution in [2.45, 2.75) is 32.4 Å². The minimum absolute atomic E-state index is 0.393. The molecule has 12 heteroatoms. The zero-order valence-electron chi connectivity index (χ0n) is 15.9. The van der Waals surface area contributed by atoms with Gasteiger partial charge in [0.2, 0.25) is 5.91 Å². The molecule has 1 atom stereocenters. The fourth-order valence-electron chi connectivity index (χ4n) is 3.38. The SMILES string of the molecule is CC(C(=O)N1CCN(Cc2cnn(C)c2)CC1)n1nc(C(F)F)c(Cl)c1C(F)F. The van der Waals surface area contributed by atoms with Crippen molar-refractivity contribution in [2.75, 3.05) is 26.2 Å². The van der Waals surface area contributed by atoms with Gasteiger partial charge in [-0.25, -0.2) is 22.2 Å². The van der Waals surface area contributed by atoms with Gasteiger partial charge in [0.15, 0.2) is 0 Å². The number of aryl methyl sites for hydroxylation is 1. The van der Waals surface area contributed by atoms with Crippen LogP contribution in [-0.4, -0.2) is 61.4 Å². The van der Waals surface area contributed by atoms with E-state index in [2.05, 4.69) is 15.1 Å². The van der Waals surface area contributed by atoms with E-state index in [-0.39, 0.29) is 0 Å². The van der Waals surface area contributed by atoms with Crippen molar-refractivity contribution >= 4 is 17.5 Å². The summed E-state index contributed by atoms with van der Waals surface area (Å²) in [5, 5.41) is 6.83. The summed E-state index contributed by atoms with van der Waals surface area (Å²) in [5.41, 5.74) is -0.756. The highest BCUT2D eigenvalue weighted by atomic mass is 35.5. The monoisotopic (exact) mass is 436 g/mol. The molecule has 29 heavy (non-hydrogen) atoms. The quantitative estimate of drug-likeness (QED) is 0.653. The number of rotatable bonds is 6. The van der Waals surface area contributed by atoms with E-state index in [0.29, 0.717) is 37.4 Å². The van der Waals surface area contributed by atoms with Crippen molar-refractivity contribution < 1.29 is 22.4 Å². The van der Waals surface area contributed by atoms with Crippen LogP contribution in [0.3, 0.4) is 0 Å². The lowest BCUT2D eigenvalue weighted by atomic mass is 10.2. The van der Waals surface area contributed by atoms with Gasteiger partial charge in [-0.2, -0.15) is 10.2 Å². The summed E-state index contributed by atoms with van der Waals surface area (Å²) in [7, 11) is 1.83. The Hall–Kier alpha value is -2.14. The number of piperazine rings is 1. The van der Waals surface area contributed by atoms with E-state index in [1.54, 1.807) is 10.9 Å². The maximum Gasteiger partial charge on any atom is 0.283 e. The van der Waals surface area contributed by atoms with Gasteiger partial charge in [0.1, 0.15) is 17.4 Å². The maximum atomic E-state index is 13.4. The average molecular weight is 437 g/mol. The topological polar surface area (TPSA) is 59.2 Å². The summed E-state index contributed by atoms with van der Waals surface area (Å²) in [4.78, 5) is 16.5. The molecule has 1 saturated heterocycles. The molecule has 0 bridgehead atoms. The van der Waals surface area contributed by atoms with Crippen molar-refractivity contribution in [3.05, 3.63) is 34.4 Å². The molecule has 7 nitrogen and oxygen atoms in total. The van der Waals surface area contributed by atoms with Crippen LogP contribution in [0.4, 0.5) is 17.6 Å². The summed E-state index contributed by atoms with van der Waals surface area (Å²) in [5.74, 6) is -0.465. The molecule has 0 aromatic carbocycles. The number of alkyl halides is 4. The highest BCUT2D eigenvalue weighted by Gasteiger charge is 2.34. The molecule has 2 aromatic heterocycles. The van der Waals surface area contributed by atoms with Gasteiger partial charge in [0, 0.05) is 51.5 Å².